The van der Waals surface area contributed by atoms with E-state index >= 15 is 0 Å². The van der Waals surface area contributed by atoms with Crippen molar-refractivity contribution in [3.05, 3.63) is 47.2 Å². The Kier molecular flexibility index (Phi) is 4.37. The zero-order valence-corrected chi connectivity index (χ0v) is 15.2. The molecule has 0 aromatic carbocycles. The third-order valence-corrected chi connectivity index (χ3v) is 4.23. The number of carbonyl (C=O) groups excluding carboxylic acids is 1. The quantitative estimate of drug-likeness (QED) is 0.769. The minimum atomic E-state index is -0.250. The zero-order chi connectivity index (χ0) is 18.2. The van der Waals surface area contributed by atoms with Crippen LogP contribution in [0.25, 0.3) is 11.1 Å². The molecule has 0 bridgehead atoms. The second-order valence-corrected chi connectivity index (χ2v) is 7.27. The van der Waals surface area contributed by atoms with E-state index in [-0.39, 0.29) is 17.4 Å². The van der Waals surface area contributed by atoms with Gasteiger partial charge in [-0.05, 0) is 30.5 Å². The van der Waals surface area contributed by atoms with Gasteiger partial charge in [0.15, 0.2) is 0 Å². The van der Waals surface area contributed by atoms with Gasteiger partial charge in [-0.25, -0.2) is 4.98 Å². The molecule has 6 heteroatoms. The van der Waals surface area contributed by atoms with Gasteiger partial charge >= 0.3 is 0 Å². The fraction of sp³-hybridized carbons (Fsp3) is 0.421. The summed E-state index contributed by atoms with van der Waals surface area (Å²) in [5.41, 5.74) is 1.40. The second-order valence-electron chi connectivity index (χ2n) is 7.27. The van der Waals surface area contributed by atoms with E-state index in [1.165, 1.54) is 6.20 Å². The summed E-state index contributed by atoms with van der Waals surface area (Å²) in [4.78, 5) is 17.0. The van der Waals surface area contributed by atoms with Crippen LogP contribution in [0.5, 0.6) is 0 Å². The SMILES string of the molecule is CCc1ccc(C(NC(=O)c2cnc3onc(C)c3c2)C(C)(C)C)o1. The molecular weight excluding hydrogens is 318 g/mol. The van der Waals surface area contributed by atoms with Crippen LogP contribution in [0, 0.1) is 12.3 Å². The summed E-state index contributed by atoms with van der Waals surface area (Å²) in [6.07, 6.45) is 2.32. The van der Waals surface area contributed by atoms with Gasteiger partial charge in [0.25, 0.3) is 11.6 Å². The predicted molar refractivity (Wildman–Crippen MR) is 94.3 cm³/mol. The summed E-state index contributed by atoms with van der Waals surface area (Å²) in [7, 11) is 0. The fourth-order valence-corrected chi connectivity index (χ4v) is 2.74. The summed E-state index contributed by atoms with van der Waals surface area (Å²) in [6, 6.07) is 5.39. The highest BCUT2D eigenvalue weighted by Crippen LogP contribution is 2.34. The minimum Gasteiger partial charge on any atom is -0.464 e. The van der Waals surface area contributed by atoms with Gasteiger partial charge in [-0.3, -0.25) is 4.79 Å². The van der Waals surface area contributed by atoms with Crippen molar-refractivity contribution in [1.82, 2.24) is 15.5 Å². The first kappa shape index (κ1) is 17.2. The van der Waals surface area contributed by atoms with Gasteiger partial charge in [-0.2, -0.15) is 0 Å². The molecule has 0 radical (unpaired) electrons. The van der Waals surface area contributed by atoms with Crippen molar-refractivity contribution < 1.29 is 13.7 Å². The first-order chi connectivity index (χ1) is 11.8. The number of furan rings is 1. The third-order valence-electron chi connectivity index (χ3n) is 4.23. The molecule has 3 heterocycles. The van der Waals surface area contributed by atoms with Gasteiger partial charge in [-0.1, -0.05) is 32.9 Å². The molecule has 1 amide bonds. The molecule has 3 aromatic rings. The molecule has 25 heavy (non-hydrogen) atoms. The maximum atomic E-state index is 12.8. The van der Waals surface area contributed by atoms with Crippen LogP contribution in [0.2, 0.25) is 0 Å². The summed E-state index contributed by atoms with van der Waals surface area (Å²) in [5, 5.41) is 7.69. The van der Waals surface area contributed by atoms with Gasteiger partial charge in [-0.15, -0.1) is 0 Å². The first-order valence-corrected chi connectivity index (χ1v) is 8.41. The van der Waals surface area contributed by atoms with Gasteiger partial charge in [0.1, 0.15) is 11.5 Å². The van der Waals surface area contributed by atoms with Crippen molar-refractivity contribution in [3.63, 3.8) is 0 Å². The number of hydrogen-bond acceptors (Lipinski definition) is 5. The molecule has 6 nitrogen and oxygen atoms in total. The number of nitrogens with zero attached hydrogens (tertiary/aromatic N) is 2. The van der Waals surface area contributed by atoms with Crippen molar-refractivity contribution in [2.45, 2.75) is 47.1 Å². The van der Waals surface area contributed by atoms with E-state index in [2.05, 4.69) is 36.2 Å². The normalized spacial score (nSPS) is 13.2. The van der Waals surface area contributed by atoms with Gasteiger partial charge in [0.2, 0.25) is 0 Å². The number of rotatable bonds is 4. The lowest BCUT2D eigenvalue weighted by atomic mass is 9.85. The molecule has 0 aliphatic rings. The van der Waals surface area contributed by atoms with Gasteiger partial charge in [0.05, 0.1) is 22.7 Å². The number of aryl methyl sites for hydroxylation is 2. The summed E-state index contributed by atoms with van der Waals surface area (Å²) >= 11 is 0. The number of carbonyl (C=O) groups is 1. The molecule has 0 aliphatic carbocycles. The number of pyridine rings is 1. The lowest BCUT2D eigenvalue weighted by Gasteiger charge is -2.30. The lowest BCUT2D eigenvalue weighted by molar-refractivity contribution is 0.0888. The van der Waals surface area contributed by atoms with E-state index in [4.69, 9.17) is 8.94 Å². The van der Waals surface area contributed by atoms with Crippen LogP contribution in [0.4, 0.5) is 0 Å². The Labute approximate surface area is 146 Å². The Morgan fingerprint density at radius 1 is 1.32 bits per heavy atom. The number of amides is 1. The van der Waals surface area contributed by atoms with Crippen molar-refractivity contribution in [2.24, 2.45) is 5.41 Å². The molecule has 3 rings (SSSR count). The standard InChI is InChI=1S/C19H23N3O3/c1-6-13-7-8-15(24-13)16(19(3,4)5)21-17(23)12-9-14-11(2)22-25-18(14)20-10-12/h7-10,16H,6H2,1-5H3,(H,21,23). The van der Waals surface area contributed by atoms with E-state index in [1.807, 2.05) is 26.0 Å². The van der Waals surface area contributed by atoms with E-state index in [9.17, 15) is 4.79 Å². The molecule has 0 saturated heterocycles. The van der Waals surface area contributed by atoms with Crippen molar-refractivity contribution in [1.29, 1.82) is 0 Å². The molecule has 0 saturated carbocycles. The van der Waals surface area contributed by atoms with Crippen LogP contribution in [0.3, 0.4) is 0 Å². The Bertz CT molecular complexity index is 902. The van der Waals surface area contributed by atoms with Crippen LogP contribution in [0.15, 0.2) is 33.3 Å². The molecule has 0 aliphatic heterocycles. The zero-order valence-electron chi connectivity index (χ0n) is 15.2. The summed E-state index contributed by atoms with van der Waals surface area (Å²) in [5.74, 6) is 1.46. The maximum absolute atomic E-state index is 12.8. The molecule has 132 valence electrons. The highest BCUT2D eigenvalue weighted by molar-refractivity contribution is 5.97. The highest BCUT2D eigenvalue weighted by atomic mass is 16.5. The van der Waals surface area contributed by atoms with E-state index in [0.29, 0.717) is 17.0 Å². The Balaban J connectivity index is 1.89. The minimum absolute atomic E-state index is 0.204. The molecule has 3 aromatic heterocycles. The van der Waals surface area contributed by atoms with Crippen molar-refractivity contribution in [3.8, 4) is 0 Å². The highest BCUT2D eigenvalue weighted by Gasteiger charge is 2.31. The monoisotopic (exact) mass is 341 g/mol. The van der Waals surface area contributed by atoms with Crippen molar-refractivity contribution in [2.75, 3.05) is 0 Å². The average Bonchev–Trinajstić information content (AvgIpc) is 3.18. The van der Waals surface area contributed by atoms with Crippen LogP contribution in [0.1, 0.15) is 61.3 Å². The molecular formula is C19H23N3O3. The number of aromatic nitrogens is 2. The fourth-order valence-electron chi connectivity index (χ4n) is 2.74. The lowest BCUT2D eigenvalue weighted by Crippen LogP contribution is -2.36. The van der Waals surface area contributed by atoms with Gasteiger partial charge in [0, 0.05) is 12.6 Å². The second kappa shape index (κ2) is 6.35. The van der Waals surface area contributed by atoms with Crippen LogP contribution in [-0.2, 0) is 6.42 Å². The van der Waals surface area contributed by atoms with E-state index in [0.717, 1.165) is 23.3 Å². The van der Waals surface area contributed by atoms with Gasteiger partial charge < -0.3 is 14.3 Å². The first-order valence-electron chi connectivity index (χ1n) is 8.41. The molecule has 0 fully saturated rings. The Morgan fingerprint density at radius 2 is 2.08 bits per heavy atom. The van der Waals surface area contributed by atoms with E-state index < -0.39 is 0 Å². The van der Waals surface area contributed by atoms with Crippen molar-refractivity contribution >= 4 is 17.0 Å². The Morgan fingerprint density at radius 3 is 2.72 bits per heavy atom. The maximum Gasteiger partial charge on any atom is 0.257 e. The molecule has 1 atom stereocenters. The number of hydrogen-bond donors (Lipinski definition) is 1. The number of fused-ring (bicyclic) bond motifs is 1. The van der Waals surface area contributed by atoms with E-state index in [1.54, 1.807) is 6.07 Å². The largest absolute Gasteiger partial charge is 0.464 e. The molecule has 1 N–H and O–H groups in total. The van der Waals surface area contributed by atoms with Crippen LogP contribution < -0.4 is 5.32 Å². The summed E-state index contributed by atoms with van der Waals surface area (Å²) in [6.45, 7) is 10.1. The smallest absolute Gasteiger partial charge is 0.257 e. The molecule has 1 unspecified atom stereocenters. The third kappa shape index (κ3) is 3.43. The predicted octanol–water partition coefficient (Wildman–Crippen LogP) is 4.20. The number of nitrogens with one attached hydrogen (secondary N) is 1. The molecule has 0 spiro atoms. The van der Waals surface area contributed by atoms with Crippen LogP contribution >= 0.6 is 0 Å². The average molecular weight is 341 g/mol. The topological polar surface area (TPSA) is 81.2 Å². The Hall–Kier alpha value is -2.63. The van der Waals surface area contributed by atoms with Crippen LogP contribution in [-0.4, -0.2) is 16.0 Å². The summed E-state index contributed by atoms with van der Waals surface area (Å²) < 4.78 is 11.0.